The fourth-order valence-corrected chi connectivity index (χ4v) is 1.61. The minimum Gasteiger partial charge on any atom is -0.329 e. The van der Waals surface area contributed by atoms with Crippen molar-refractivity contribution in [1.29, 1.82) is 5.26 Å². The summed E-state index contributed by atoms with van der Waals surface area (Å²) < 4.78 is 1.98. The van der Waals surface area contributed by atoms with Crippen LogP contribution in [0.15, 0.2) is 36.7 Å². The van der Waals surface area contributed by atoms with Gasteiger partial charge in [0.15, 0.2) is 0 Å². The van der Waals surface area contributed by atoms with E-state index in [1.807, 2.05) is 29.0 Å². The van der Waals surface area contributed by atoms with Crippen LogP contribution < -0.4 is 5.73 Å². The third-order valence-electron chi connectivity index (χ3n) is 2.39. The molecule has 0 aliphatic rings. The molecule has 1 aromatic heterocycles. The lowest BCUT2D eigenvalue weighted by Gasteiger charge is -2.06. The zero-order valence-corrected chi connectivity index (χ0v) is 8.80. The lowest BCUT2D eigenvalue weighted by atomic mass is 10.1. The monoisotopic (exact) mass is 212 g/mol. The fraction of sp³-hybridized carbons (Fsp3) is 0.167. The molecule has 0 amide bonds. The molecule has 0 fully saturated rings. The minimum absolute atomic E-state index is 0.422. The second-order valence-corrected chi connectivity index (χ2v) is 3.49. The van der Waals surface area contributed by atoms with Crippen molar-refractivity contribution in [2.24, 2.45) is 5.73 Å². The van der Waals surface area contributed by atoms with Crippen LogP contribution in [0.1, 0.15) is 17.0 Å². The van der Waals surface area contributed by atoms with Gasteiger partial charge < -0.3 is 10.3 Å². The largest absolute Gasteiger partial charge is 0.329 e. The standard InChI is InChI=1S/C12H12N4/c13-7-10-2-1-3-11(6-10)9-16-5-4-15-12(16)8-14/h1-6H,8-9,14H2. The highest BCUT2D eigenvalue weighted by atomic mass is 15.1. The first-order valence-corrected chi connectivity index (χ1v) is 5.02. The zero-order chi connectivity index (χ0) is 11.4. The summed E-state index contributed by atoms with van der Waals surface area (Å²) in [6.07, 6.45) is 3.62. The van der Waals surface area contributed by atoms with Crippen molar-refractivity contribution in [1.82, 2.24) is 9.55 Å². The van der Waals surface area contributed by atoms with Gasteiger partial charge in [-0.15, -0.1) is 0 Å². The molecule has 0 saturated heterocycles. The normalized spacial score (nSPS) is 10.0. The van der Waals surface area contributed by atoms with Gasteiger partial charge in [-0.3, -0.25) is 0 Å². The molecule has 16 heavy (non-hydrogen) atoms. The molecule has 0 bridgehead atoms. The van der Waals surface area contributed by atoms with Gasteiger partial charge in [0, 0.05) is 18.9 Å². The molecule has 1 heterocycles. The van der Waals surface area contributed by atoms with Crippen LogP contribution in [0.3, 0.4) is 0 Å². The van der Waals surface area contributed by atoms with Crippen LogP contribution >= 0.6 is 0 Å². The SMILES string of the molecule is N#Cc1cccc(Cn2ccnc2CN)c1. The van der Waals surface area contributed by atoms with Crippen LogP contribution in [0.25, 0.3) is 0 Å². The number of nitrogens with zero attached hydrogens (tertiary/aromatic N) is 3. The highest BCUT2D eigenvalue weighted by molar-refractivity contribution is 5.32. The molecule has 80 valence electrons. The maximum absolute atomic E-state index is 8.80. The van der Waals surface area contributed by atoms with E-state index in [-0.39, 0.29) is 0 Å². The van der Waals surface area contributed by atoms with Gasteiger partial charge in [-0.1, -0.05) is 12.1 Å². The van der Waals surface area contributed by atoms with Gasteiger partial charge in [-0.25, -0.2) is 4.98 Å². The van der Waals surface area contributed by atoms with E-state index >= 15 is 0 Å². The van der Waals surface area contributed by atoms with Crippen molar-refractivity contribution in [2.45, 2.75) is 13.1 Å². The Hall–Kier alpha value is -2.12. The summed E-state index contributed by atoms with van der Waals surface area (Å²) in [6.45, 7) is 1.12. The Balaban J connectivity index is 2.24. The van der Waals surface area contributed by atoms with Crippen molar-refractivity contribution in [3.05, 3.63) is 53.6 Å². The number of hydrogen-bond acceptors (Lipinski definition) is 3. The average molecular weight is 212 g/mol. The number of rotatable bonds is 3. The molecule has 2 rings (SSSR count). The topological polar surface area (TPSA) is 67.6 Å². The Labute approximate surface area is 94.0 Å². The number of imidazole rings is 1. The minimum atomic E-state index is 0.422. The van der Waals surface area contributed by atoms with Crippen molar-refractivity contribution in [3.8, 4) is 6.07 Å². The first-order chi connectivity index (χ1) is 7.83. The summed E-state index contributed by atoms with van der Waals surface area (Å²) in [5.41, 5.74) is 7.32. The van der Waals surface area contributed by atoms with Gasteiger partial charge in [0.05, 0.1) is 18.2 Å². The van der Waals surface area contributed by atoms with Gasteiger partial charge in [0.2, 0.25) is 0 Å². The summed E-state index contributed by atoms with van der Waals surface area (Å²) in [4.78, 5) is 4.15. The molecule has 0 radical (unpaired) electrons. The fourth-order valence-electron chi connectivity index (χ4n) is 1.61. The molecule has 0 aliphatic heterocycles. The van der Waals surface area contributed by atoms with Crippen LogP contribution in [0, 0.1) is 11.3 Å². The number of nitrogens with two attached hydrogens (primary N) is 1. The van der Waals surface area contributed by atoms with Crippen molar-refractivity contribution in [3.63, 3.8) is 0 Å². The van der Waals surface area contributed by atoms with E-state index in [1.165, 1.54) is 0 Å². The number of nitriles is 1. The molecule has 4 heteroatoms. The van der Waals surface area contributed by atoms with E-state index in [4.69, 9.17) is 11.0 Å². The van der Waals surface area contributed by atoms with Gasteiger partial charge >= 0.3 is 0 Å². The Morgan fingerprint density at radius 2 is 2.31 bits per heavy atom. The predicted molar refractivity (Wildman–Crippen MR) is 60.4 cm³/mol. The van der Waals surface area contributed by atoms with E-state index in [9.17, 15) is 0 Å². The number of aromatic nitrogens is 2. The van der Waals surface area contributed by atoms with Crippen molar-refractivity contribution >= 4 is 0 Å². The average Bonchev–Trinajstić information content (AvgIpc) is 2.76. The lowest BCUT2D eigenvalue weighted by Crippen LogP contribution is -2.08. The summed E-state index contributed by atoms with van der Waals surface area (Å²) in [7, 11) is 0. The van der Waals surface area contributed by atoms with Crippen molar-refractivity contribution in [2.75, 3.05) is 0 Å². The molecule has 0 unspecified atom stereocenters. The Morgan fingerprint density at radius 1 is 1.44 bits per heavy atom. The Morgan fingerprint density at radius 3 is 3.06 bits per heavy atom. The smallest absolute Gasteiger partial charge is 0.122 e. The zero-order valence-electron chi connectivity index (χ0n) is 8.80. The highest BCUT2D eigenvalue weighted by Gasteiger charge is 2.01. The molecule has 0 spiro atoms. The molecular weight excluding hydrogens is 200 g/mol. The summed E-state index contributed by atoms with van der Waals surface area (Å²) in [5.74, 6) is 0.849. The second-order valence-electron chi connectivity index (χ2n) is 3.49. The summed E-state index contributed by atoms with van der Waals surface area (Å²) >= 11 is 0. The van der Waals surface area contributed by atoms with Crippen LogP contribution in [0.5, 0.6) is 0 Å². The third kappa shape index (κ3) is 2.10. The molecule has 2 aromatic rings. The Kier molecular flexibility index (Phi) is 2.99. The first kappa shape index (κ1) is 10.4. The van der Waals surface area contributed by atoms with Crippen LogP contribution in [-0.2, 0) is 13.1 Å². The predicted octanol–water partition coefficient (Wildman–Crippen LogP) is 1.26. The van der Waals surface area contributed by atoms with Gasteiger partial charge in [0.25, 0.3) is 0 Å². The molecule has 2 N–H and O–H groups in total. The molecule has 0 atom stereocenters. The molecule has 0 saturated carbocycles. The van der Waals surface area contributed by atoms with Crippen LogP contribution in [0.4, 0.5) is 0 Å². The Bertz CT molecular complexity index is 522. The second kappa shape index (κ2) is 4.60. The van der Waals surface area contributed by atoms with Crippen LogP contribution in [-0.4, -0.2) is 9.55 Å². The lowest BCUT2D eigenvalue weighted by molar-refractivity contribution is 0.724. The van der Waals surface area contributed by atoms with Crippen LogP contribution in [0.2, 0.25) is 0 Å². The maximum atomic E-state index is 8.80. The third-order valence-corrected chi connectivity index (χ3v) is 2.39. The summed E-state index contributed by atoms with van der Waals surface area (Å²) in [6, 6.07) is 9.66. The summed E-state index contributed by atoms with van der Waals surface area (Å²) in [5, 5.41) is 8.80. The van der Waals surface area contributed by atoms with E-state index in [2.05, 4.69) is 11.1 Å². The number of hydrogen-bond donors (Lipinski definition) is 1. The first-order valence-electron chi connectivity index (χ1n) is 5.02. The molecule has 4 nitrogen and oxygen atoms in total. The van der Waals surface area contributed by atoms with E-state index in [0.717, 1.165) is 11.4 Å². The van der Waals surface area contributed by atoms with E-state index < -0.39 is 0 Å². The molecule has 1 aromatic carbocycles. The van der Waals surface area contributed by atoms with Gasteiger partial charge in [-0.2, -0.15) is 5.26 Å². The van der Waals surface area contributed by atoms with E-state index in [1.54, 1.807) is 12.3 Å². The molecule has 0 aliphatic carbocycles. The van der Waals surface area contributed by atoms with Crippen molar-refractivity contribution < 1.29 is 0 Å². The van der Waals surface area contributed by atoms with E-state index in [0.29, 0.717) is 18.7 Å². The maximum Gasteiger partial charge on any atom is 0.122 e. The highest BCUT2D eigenvalue weighted by Crippen LogP contribution is 2.08. The molecular formula is C12H12N4. The number of benzene rings is 1. The van der Waals surface area contributed by atoms with Gasteiger partial charge in [-0.05, 0) is 17.7 Å². The van der Waals surface area contributed by atoms with Gasteiger partial charge in [0.1, 0.15) is 5.82 Å². The quantitative estimate of drug-likeness (QED) is 0.832.